The molecule has 2 amide bonds. The Hall–Kier alpha value is -3.16. The third kappa shape index (κ3) is 5.13. The molecular formula is C24H25N3O3S. The van der Waals surface area contributed by atoms with Crippen molar-refractivity contribution in [3.8, 4) is 5.75 Å². The topological polar surface area (TPSA) is 70.7 Å². The number of amides is 2. The van der Waals surface area contributed by atoms with Gasteiger partial charge in [-0.3, -0.25) is 14.5 Å². The highest BCUT2D eigenvalue weighted by Gasteiger charge is 2.28. The van der Waals surface area contributed by atoms with Gasteiger partial charge in [0.25, 0.3) is 5.91 Å². The van der Waals surface area contributed by atoms with Crippen molar-refractivity contribution >= 4 is 34.5 Å². The van der Waals surface area contributed by atoms with Crippen LogP contribution in [0.15, 0.2) is 66.0 Å². The van der Waals surface area contributed by atoms with E-state index in [1.807, 2.05) is 12.1 Å². The summed E-state index contributed by atoms with van der Waals surface area (Å²) < 4.78 is 5.14. The third-order valence-corrected chi connectivity index (χ3v) is 6.35. The fourth-order valence-corrected chi connectivity index (χ4v) is 4.75. The average Bonchev–Trinajstić information content (AvgIpc) is 3.46. The monoisotopic (exact) mass is 435 g/mol. The Morgan fingerprint density at radius 1 is 1.06 bits per heavy atom. The second kappa shape index (κ2) is 9.76. The SMILES string of the molecule is COc1ccc(NC(=O)c2ccccc2NC(=O)CN2CCC[C@@H]2c2cccs2)cc1. The molecule has 0 spiro atoms. The lowest BCUT2D eigenvalue weighted by Crippen LogP contribution is -2.33. The summed E-state index contributed by atoms with van der Waals surface area (Å²) in [5.74, 6) is 0.320. The number of hydrogen-bond donors (Lipinski definition) is 2. The minimum atomic E-state index is -0.279. The number of rotatable bonds is 7. The Bertz CT molecular complexity index is 1030. The molecule has 1 aliphatic heterocycles. The number of benzene rings is 2. The van der Waals surface area contributed by atoms with E-state index < -0.39 is 0 Å². The Morgan fingerprint density at radius 3 is 2.61 bits per heavy atom. The van der Waals surface area contributed by atoms with E-state index in [-0.39, 0.29) is 11.8 Å². The summed E-state index contributed by atoms with van der Waals surface area (Å²) in [6.07, 6.45) is 2.14. The van der Waals surface area contributed by atoms with Crippen LogP contribution in [0.1, 0.15) is 34.1 Å². The van der Waals surface area contributed by atoms with E-state index in [0.29, 0.717) is 35.3 Å². The molecule has 6 nitrogen and oxygen atoms in total. The molecule has 2 N–H and O–H groups in total. The molecule has 0 saturated carbocycles. The van der Waals surface area contributed by atoms with Crippen LogP contribution in [-0.4, -0.2) is 36.9 Å². The van der Waals surface area contributed by atoms with Gasteiger partial charge in [-0.15, -0.1) is 11.3 Å². The molecule has 1 fully saturated rings. The van der Waals surface area contributed by atoms with E-state index in [1.165, 1.54) is 4.88 Å². The smallest absolute Gasteiger partial charge is 0.257 e. The van der Waals surface area contributed by atoms with Crippen LogP contribution in [0.2, 0.25) is 0 Å². The lowest BCUT2D eigenvalue weighted by atomic mass is 10.1. The summed E-state index contributed by atoms with van der Waals surface area (Å²) in [4.78, 5) is 29.1. The molecule has 31 heavy (non-hydrogen) atoms. The molecule has 4 rings (SSSR count). The molecule has 2 aromatic carbocycles. The molecule has 1 aromatic heterocycles. The van der Waals surface area contributed by atoms with Crippen molar-refractivity contribution in [2.45, 2.75) is 18.9 Å². The molecule has 1 aliphatic rings. The van der Waals surface area contributed by atoms with Gasteiger partial charge in [-0.05, 0) is 67.2 Å². The molecule has 3 aromatic rings. The van der Waals surface area contributed by atoms with Gasteiger partial charge in [0.1, 0.15) is 5.75 Å². The lowest BCUT2D eigenvalue weighted by molar-refractivity contribution is -0.117. The van der Waals surface area contributed by atoms with Crippen LogP contribution in [0, 0.1) is 0 Å². The summed E-state index contributed by atoms with van der Waals surface area (Å²) in [6, 6.07) is 18.6. The van der Waals surface area contributed by atoms with Gasteiger partial charge in [0.15, 0.2) is 0 Å². The van der Waals surface area contributed by atoms with Crippen molar-refractivity contribution in [2.75, 3.05) is 30.8 Å². The number of hydrogen-bond acceptors (Lipinski definition) is 5. The van der Waals surface area contributed by atoms with Crippen LogP contribution >= 0.6 is 11.3 Å². The molecule has 0 unspecified atom stereocenters. The van der Waals surface area contributed by atoms with Crippen molar-refractivity contribution in [3.63, 3.8) is 0 Å². The fraction of sp³-hybridized carbons (Fsp3) is 0.250. The molecule has 1 saturated heterocycles. The summed E-state index contributed by atoms with van der Waals surface area (Å²) in [7, 11) is 1.59. The minimum Gasteiger partial charge on any atom is -0.497 e. The quantitative estimate of drug-likeness (QED) is 0.560. The maximum absolute atomic E-state index is 12.8. The first-order valence-electron chi connectivity index (χ1n) is 10.3. The van der Waals surface area contributed by atoms with Crippen LogP contribution in [0.25, 0.3) is 0 Å². The zero-order valence-corrected chi connectivity index (χ0v) is 18.2. The van der Waals surface area contributed by atoms with Crippen LogP contribution in [0.4, 0.5) is 11.4 Å². The largest absolute Gasteiger partial charge is 0.497 e. The highest BCUT2D eigenvalue weighted by atomic mass is 32.1. The van der Waals surface area contributed by atoms with Gasteiger partial charge >= 0.3 is 0 Å². The Labute approximate surface area is 185 Å². The number of likely N-dealkylation sites (tertiary alicyclic amines) is 1. The number of anilines is 2. The van der Waals surface area contributed by atoms with Crippen molar-refractivity contribution in [1.82, 2.24) is 4.90 Å². The van der Waals surface area contributed by atoms with E-state index in [2.05, 4.69) is 27.0 Å². The van der Waals surface area contributed by atoms with E-state index >= 15 is 0 Å². The summed E-state index contributed by atoms with van der Waals surface area (Å²) in [5, 5.41) is 7.87. The van der Waals surface area contributed by atoms with Crippen LogP contribution in [0.5, 0.6) is 5.75 Å². The van der Waals surface area contributed by atoms with Gasteiger partial charge < -0.3 is 15.4 Å². The normalized spacial score (nSPS) is 16.1. The van der Waals surface area contributed by atoms with Gasteiger partial charge in [-0.1, -0.05) is 18.2 Å². The average molecular weight is 436 g/mol. The van der Waals surface area contributed by atoms with E-state index in [4.69, 9.17) is 4.74 Å². The molecule has 1 atom stereocenters. The van der Waals surface area contributed by atoms with Crippen LogP contribution in [0.3, 0.4) is 0 Å². The molecule has 7 heteroatoms. The van der Waals surface area contributed by atoms with E-state index in [0.717, 1.165) is 19.4 Å². The minimum absolute atomic E-state index is 0.117. The van der Waals surface area contributed by atoms with Gasteiger partial charge in [0, 0.05) is 16.6 Å². The first-order valence-corrected chi connectivity index (χ1v) is 11.1. The standard InChI is InChI=1S/C24H25N3O3S/c1-30-18-12-10-17(11-13-18)25-24(29)19-6-2-3-7-20(19)26-23(28)16-27-14-4-8-21(27)22-9-5-15-31-22/h2-3,5-7,9-13,15,21H,4,8,14,16H2,1H3,(H,25,29)(H,26,28)/t21-/m1/s1. The molecular weight excluding hydrogens is 410 g/mol. The number of ether oxygens (including phenoxy) is 1. The molecule has 0 aliphatic carbocycles. The third-order valence-electron chi connectivity index (χ3n) is 5.38. The van der Waals surface area contributed by atoms with Crippen molar-refractivity contribution in [2.24, 2.45) is 0 Å². The first-order chi connectivity index (χ1) is 15.1. The zero-order chi connectivity index (χ0) is 21.6. The van der Waals surface area contributed by atoms with E-state index in [9.17, 15) is 9.59 Å². The van der Waals surface area contributed by atoms with Crippen molar-refractivity contribution in [1.29, 1.82) is 0 Å². The van der Waals surface area contributed by atoms with Gasteiger partial charge in [-0.25, -0.2) is 0 Å². The molecule has 0 bridgehead atoms. The second-order valence-electron chi connectivity index (χ2n) is 7.42. The van der Waals surface area contributed by atoms with Crippen LogP contribution in [-0.2, 0) is 4.79 Å². The number of carbonyl (C=O) groups excluding carboxylic acids is 2. The van der Waals surface area contributed by atoms with Gasteiger partial charge in [0.2, 0.25) is 5.91 Å². The van der Waals surface area contributed by atoms with Gasteiger partial charge in [-0.2, -0.15) is 0 Å². The number of methoxy groups -OCH3 is 1. The zero-order valence-electron chi connectivity index (χ0n) is 17.3. The van der Waals surface area contributed by atoms with Crippen LogP contribution < -0.4 is 15.4 Å². The molecule has 0 radical (unpaired) electrons. The maximum Gasteiger partial charge on any atom is 0.257 e. The maximum atomic E-state index is 12.8. The number of thiophene rings is 1. The highest BCUT2D eigenvalue weighted by Crippen LogP contribution is 2.34. The summed E-state index contributed by atoms with van der Waals surface area (Å²) in [5.41, 5.74) is 1.58. The van der Waals surface area contributed by atoms with Crippen molar-refractivity contribution in [3.05, 3.63) is 76.5 Å². The molecule has 160 valence electrons. The molecule has 2 heterocycles. The lowest BCUT2D eigenvalue weighted by Gasteiger charge is -2.23. The fourth-order valence-electron chi connectivity index (χ4n) is 3.86. The second-order valence-corrected chi connectivity index (χ2v) is 8.40. The number of nitrogens with zero attached hydrogens (tertiary/aromatic N) is 1. The summed E-state index contributed by atoms with van der Waals surface area (Å²) >= 11 is 1.73. The highest BCUT2D eigenvalue weighted by molar-refractivity contribution is 7.10. The summed E-state index contributed by atoms with van der Waals surface area (Å²) in [6.45, 7) is 1.20. The Balaban J connectivity index is 1.41. The van der Waals surface area contributed by atoms with Gasteiger partial charge in [0.05, 0.1) is 24.9 Å². The number of para-hydroxylation sites is 1. The first kappa shape index (κ1) is 21.1. The Kier molecular flexibility index (Phi) is 6.64. The number of nitrogens with one attached hydrogen (secondary N) is 2. The number of carbonyl (C=O) groups is 2. The van der Waals surface area contributed by atoms with Crippen molar-refractivity contribution < 1.29 is 14.3 Å². The Morgan fingerprint density at radius 2 is 1.87 bits per heavy atom. The predicted octanol–water partition coefficient (Wildman–Crippen LogP) is 4.78. The predicted molar refractivity (Wildman–Crippen MR) is 124 cm³/mol. The van der Waals surface area contributed by atoms with E-state index in [1.54, 1.807) is 60.9 Å².